The zero-order chi connectivity index (χ0) is 8.55. The minimum absolute atomic E-state index is 0.0726. The van der Waals surface area contributed by atoms with Crippen LogP contribution in [0, 0.1) is 11.8 Å². The summed E-state index contributed by atoms with van der Waals surface area (Å²) in [5.74, 6) is 1.21. The van der Waals surface area contributed by atoms with Gasteiger partial charge in [0.1, 0.15) is 0 Å². The normalized spacial score (nSPS) is 42.4. The molecule has 2 aliphatic rings. The van der Waals surface area contributed by atoms with E-state index in [0.717, 1.165) is 18.8 Å². The highest BCUT2D eigenvalue weighted by Crippen LogP contribution is 2.42. The average Bonchev–Trinajstić information content (AvgIpc) is 2.04. The van der Waals surface area contributed by atoms with Crippen LogP contribution in [0.3, 0.4) is 0 Å². The average molecular weight is 166 g/mol. The van der Waals surface area contributed by atoms with E-state index in [1.807, 2.05) is 0 Å². The van der Waals surface area contributed by atoms with Gasteiger partial charge >= 0.3 is 0 Å². The summed E-state index contributed by atoms with van der Waals surface area (Å²) >= 11 is 0. The first kappa shape index (κ1) is 8.31. The molecule has 1 N–H and O–H groups in total. The van der Waals surface area contributed by atoms with Crippen molar-refractivity contribution in [1.82, 2.24) is 0 Å². The monoisotopic (exact) mass is 166 g/mol. The maximum Gasteiger partial charge on any atom is 0.0608 e. The second-order valence-corrected chi connectivity index (χ2v) is 4.33. The Morgan fingerprint density at radius 3 is 2.67 bits per heavy atom. The van der Waals surface area contributed by atoms with Gasteiger partial charge in [-0.2, -0.15) is 0 Å². The van der Waals surface area contributed by atoms with Crippen molar-refractivity contribution in [1.29, 1.82) is 0 Å². The van der Waals surface area contributed by atoms with Gasteiger partial charge in [0.15, 0.2) is 0 Å². The molecule has 0 saturated heterocycles. The fraction of sp³-hybridized carbons (Fsp3) is 0.818. The molecule has 3 unspecified atom stereocenters. The van der Waals surface area contributed by atoms with Crippen molar-refractivity contribution in [3.05, 3.63) is 12.2 Å². The number of aliphatic hydroxyl groups excluding tert-OH is 1. The molecule has 0 aliphatic heterocycles. The fourth-order valence-electron chi connectivity index (χ4n) is 2.95. The Balaban J connectivity index is 2.12. The summed E-state index contributed by atoms with van der Waals surface area (Å²) < 4.78 is 0. The number of hydrogen-bond donors (Lipinski definition) is 1. The Morgan fingerprint density at radius 2 is 1.92 bits per heavy atom. The lowest BCUT2D eigenvalue weighted by atomic mass is 9.67. The molecular formula is C11H18O. The van der Waals surface area contributed by atoms with Gasteiger partial charge in [-0.1, -0.05) is 18.6 Å². The quantitative estimate of drug-likeness (QED) is 0.548. The second kappa shape index (κ2) is 3.21. The van der Waals surface area contributed by atoms with E-state index in [4.69, 9.17) is 0 Å². The third-order valence-corrected chi connectivity index (χ3v) is 3.54. The highest BCUT2D eigenvalue weighted by atomic mass is 16.3. The van der Waals surface area contributed by atoms with Crippen molar-refractivity contribution < 1.29 is 5.11 Å². The van der Waals surface area contributed by atoms with Gasteiger partial charge in [-0.25, -0.2) is 0 Å². The molecule has 0 bridgehead atoms. The lowest BCUT2D eigenvalue weighted by Gasteiger charge is -2.40. The van der Waals surface area contributed by atoms with Crippen LogP contribution in [-0.2, 0) is 0 Å². The molecule has 1 heteroatoms. The van der Waals surface area contributed by atoms with Crippen LogP contribution < -0.4 is 0 Å². The number of rotatable bonds is 0. The second-order valence-electron chi connectivity index (χ2n) is 4.33. The summed E-state index contributed by atoms with van der Waals surface area (Å²) in [6.45, 7) is 4.09. The fourth-order valence-corrected chi connectivity index (χ4v) is 2.95. The first-order valence-electron chi connectivity index (χ1n) is 5.15. The van der Waals surface area contributed by atoms with Crippen LogP contribution >= 0.6 is 0 Å². The smallest absolute Gasteiger partial charge is 0.0608 e. The third-order valence-electron chi connectivity index (χ3n) is 3.54. The summed E-state index contributed by atoms with van der Waals surface area (Å²) in [7, 11) is 0. The van der Waals surface area contributed by atoms with Gasteiger partial charge in [0.05, 0.1) is 6.10 Å². The van der Waals surface area contributed by atoms with Crippen LogP contribution in [0.15, 0.2) is 12.2 Å². The van der Waals surface area contributed by atoms with Crippen molar-refractivity contribution in [2.24, 2.45) is 11.8 Å². The van der Waals surface area contributed by atoms with Crippen molar-refractivity contribution in [2.75, 3.05) is 0 Å². The van der Waals surface area contributed by atoms with Crippen LogP contribution in [0.4, 0.5) is 0 Å². The van der Waals surface area contributed by atoms with Crippen molar-refractivity contribution in [3.63, 3.8) is 0 Å². The molecule has 0 spiro atoms. The molecular weight excluding hydrogens is 148 g/mol. The Bertz CT molecular complexity index is 183. The van der Waals surface area contributed by atoms with E-state index in [1.165, 1.54) is 31.3 Å². The van der Waals surface area contributed by atoms with Gasteiger partial charge in [-0.15, -0.1) is 0 Å². The Morgan fingerprint density at radius 1 is 1.17 bits per heavy atom. The number of hydrogen-bond acceptors (Lipinski definition) is 1. The summed E-state index contributed by atoms with van der Waals surface area (Å²) in [4.78, 5) is 0. The van der Waals surface area contributed by atoms with Crippen LogP contribution in [0.5, 0.6) is 0 Å². The largest absolute Gasteiger partial charge is 0.392 e. The summed E-state index contributed by atoms with van der Waals surface area (Å²) in [5.41, 5.74) is 1.32. The van der Waals surface area contributed by atoms with E-state index in [0.29, 0.717) is 5.92 Å². The minimum Gasteiger partial charge on any atom is -0.392 e. The van der Waals surface area contributed by atoms with Gasteiger partial charge in [0, 0.05) is 5.92 Å². The van der Waals surface area contributed by atoms with E-state index in [-0.39, 0.29) is 6.10 Å². The van der Waals surface area contributed by atoms with Crippen molar-refractivity contribution in [2.45, 2.75) is 44.6 Å². The molecule has 12 heavy (non-hydrogen) atoms. The van der Waals surface area contributed by atoms with Gasteiger partial charge in [-0.05, 0) is 38.0 Å². The van der Waals surface area contributed by atoms with Crippen LogP contribution in [0.2, 0.25) is 0 Å². The maximum absolute atomic E-state index is 9.81. The molecule has 68 valence electrons. The minimum atomic E-state index is -0.0726. The molecule has 2 aliphatic carbocycles. The zero-order valence-corrected chi connectivity index (χ0v) is 7.63. The summed E-state index contributed by atoms with van der Waals surface area (Å²) in [6.07, 6.45) is 7.24. The Kier molecular flexibility index (Phi) is 2.22. The molecule has 2 fully saturated rings. The molecule has 1 nitrogen and oxygen atoms in total. The van der Waals surface area contributed by atoms with E-state index < -0.39 is 0 Å². The maximum atomic E-state index is 9.81. The molecule has 0 aromatic carbocycles. The topological polar surface area (TPSA) is 20.2 Å². The van der Waals surface area contributed by atoms with Crippen LogP contribution in [0.1, 0.15) is 38.5 Å². The Hall–Kier alpha value is -0.300. The molecule has 2 saturated carbocycles. The first-order valence-corrected chi connectivity index (χ1v) is 5.15. The van der Waals surface area contributed by atoms with E-state index in [1.54, 1.807) is 0 Å². The number of aliphatic hydroxyl groups is 1. The third kappa shape index (κ3) is 1.31. The van der Waals surface area contributed by atoms with Gasteiger partial charge < -0.3 is 5.11 Å². The van der Waals surface area contributed by atoms with Crippen LogP contribution in [0.25, 0.3) is 0 Å². The van der Waals surface area contributed by atoms with E-state index in [9.17, 15) is 5.11 Å². The Labute approximate surface area is 74.5 Å². The zero-order valence-electron chi connectivity index (χ0n) is 7.63. The SMILES string of the molecule is C=C1CCCC2CCCC(O)C12. The lowest BCUT2D eigenvalue weighted by Crippen LogP contribution is -2.35. The molecule has 2 rings (SSSR count). The first-order chi connectivity index (χ1) is 5.79. The molecule has 3 atom stereocenters. The predicted octanol–water partition coefficient (Wildman–Crippen LogP) is 2.50. The molecule has 0 aromatic rings. The van der Waals surface area contributed by atoms with Gasteiger partial charge in [-0.3, -0.25) is 0 Å². The van der Waals surface area contributed by atoms with E-state index in [2.05, 4.69) is 6.58 Å². The molecule has 0 radical (unpaired) electrons. The van der Waals surface area contributed by atoms with Crippen molar-refractivity contribution >= 4 is 0 Å². The summed E-state index contributed by atoms with van der Waals surface area (Å²) in [6, 6.07) is 0. The van der Waals surface area contributed by atoms with Crippen molar-refractivity contribution in [3.8, 4) is 0 Å². The highest BCUT2D eigenvalue weighted by molar-refractivity contribution is 5.09. The highest BCUT2D eigenvalue weighted by Gasteiger charge is 2.35. The standard InChI is InChI=1S/C11H18O/c1-8-4-2-5-9-6-3-7-10(12)11(8)9/h9-12H,1-7H2. The van der Waals surface area contributed by atoms with Gasteiger partial charge in [0.2, 0.25) is 0 Å². The lowest BCUT2D eigenvalue weighted by molar-refractivity contribution is 0.0383. The number of fused-ring (bicyclic) bond motifs is 1. The molecule has 0 aromatic heterocycles. The van der Waals surface area contributed by atoms with Crippen LogP contribution in [-0.4, -0.2) is 11.2 Å². The molecule has 0 heterocycles. The summed E-state index contributed by atoms with van der Waals surface area (Å²) in [5, 5.41) is 9.81. The van der Waals surface area contributed by atoms with Gasteiger partial charge in [0.25, 0.3) is 0 Å². The predicted molar refractivity (Wildman–Crippen MR) is 49.8 cm³/mol. The van der Waals surface area contributed by atoms with E-state index >= 15 is 0 Å². The molecule has 0 amide bonds.